The lowest BCUT2D eigenvalue weighted by atomic mass is 9.89. The first-order chi connectivity index (χ1) is 5.84. The molecule has 2 nitrogen and oxygen atoms in total. The molecule has 0 aromatic heterocycles. The Labute approximate surface area is 78.2 Å². The van der Waals surface area contributed by atoms with Crippen LogP contribution in [0.15, 0.2) is 0 Å². The van der Waals surface area contributed by atoms with Crippen LogP contribution in [-0.4, -0.2) is 18.5 Å². The third-order valence-electron chi connectivity index (χ3n) is 2.26. The van der Waals surface area contributed by atoms with Gasteiger partial charge in [0.25, 0.3) is 0 Å². The van der Waals surface area contributed by atoms with Gasteiger partial charge in [-0.05, 0) is 12.8 Å². The molecule has 0 saturated heterocycles. The molecule has 0 unspecified atom stereocenters. The molecule has 0 atom stereocenters. The van der Waals surface area contributed by atoms with Gasteiger partial charge in [0.2, 0.25) is 0 Å². The molecular formula is C9H15ClO2. The van der Waals surface area contributed by atoms with Crippen molar-refractivity contribution in [2.45, 2.75) is 32.1 Å². The molecule has 1 aliphatic rings. The van der Waals surface area contributed by atoms with Crippen molar-refractivity contribution in [3.8, 4) is 0 Å². The van der Waals surface area contributed by atoms with E-state index in [4.69, 9.17) is 16.3 Å². The van der Waals surface area contributed by atoms with E-state index >= 15 is 0 Å². The number of halogens is 1. The van der Waals surface area contributed by atoms with Crippen molar-refractivity contribution in [1.29, 1.82) is 0 Å². The SMILES string of the molecule is O=C(OCCCl)C1CCCCC1. The van der Waals surface area contributed by atoms with E-state index in [0.29, 0.717) is 12.5 Å². The van der Waals surface area contributed by atoms with Gasteiger partial charge in [0, 0.05) is 0 Å². The first kappa shape index (κ1) is 9.85. The van der Waals surface area contributed by atoms with E-state index in [1.807, 2.05) is 0 Å². The molecule has 0 aromatic rings. The summed E-state index contributed by atoms with van der Waals surface area (Å²) < 4.78 is 4.96. The van der Waals surface area contributed by atoms with E-state index < -0.39 is 0 Å². The van der Waals surface area contributed by atoms with Crippen LogP contribution in [0.1, 0.15) is 32.1 Å². The average Bonchev–Trinajstić information content (AvgIpc) is 2.15. The predicted octanol–water partition coefficient (Wildman–Crippen LogP) is 2.35. The Morgan fingerprint density at radius 2 is 2.00 bits per heavy atom. The van der Waals surface area contributed by atoms with Crippen LogP contribution in [0.4, 0.5) is 0 Å². The van der Waals surface area contributed by atoms with Crippen LogP contribution in [0.25, 0.3) is 0 Å². The predicted molar refractivity (Wildman–Crippen MR) is 48.3 cm³/mol. The van der Waals surface area contributed by atoms with Crippen molar-refractivity contribution in [3.63, 3.8) is 0 Å². The number of ether oxygens (including phenoxy) is 1. The molecule has 0 aliphatic heterocycles. The summed E-state index contributed by atoms with van der Waals surface area (Å²) in [7, 11) is 0. The molecule has 0 N–H and O–H groups in total. The molecular weight excluding hydrogens is 176 g/mol. The van der Waals surface area contributed by atoms with Gasteiger partial charge in [0.05, 0.1) is 11.8 Å². The van der Waals surface area contributed by atoms with E-state index in [-0.39, 0.29) is 11.9 Å². The monoisotopic (exact) mass is 190 g/mol. The highest BCUT2D eigenvalue weighted by Crippen LogP contribution is 2.24. The van der Waals surface area contributed by atoms with Gasteiger partial charge in [-0.1, -0.05) is 19.3 Å². The van der Waals surface area contributed by atoms with Crippen LogP contribution in [0, 0.1) is 5.92 Å². The van der Waals surface area contributed by atoms with Crippen molar-refractivity contribution < 1.29 is 9.53 Å². The fraction of sp³-hybridized carbons (Fsp3) is 0.889. The zero-order valence-electron chi connectivity index (χ0n) is 7.22. The molecule has 3 heteroatoms. The van der Waals surface area contributed by atoms with E-state index in [0.717, 1.165) is 12.8 Å². The topological polar surface area (TPSA) is 26.3 Å². The molecule has 12 heavy (non-hydrogen) atoms. The second-order valence-corrected chi connectivity index (χ2v) is 3.57. The van der Waals surface area contributed by atoms with Crippen LogP contribution < -0.4 is 0 Å². The van der Waals surface area contributed by atoms with Crippen LogP contribution in [0.5, 0.6) is 0 Å². The highest BCUT2D eigenvalue weighted by Gasteiger charge is 2.21. The largest absolute Gasteiger partial charge is 0.464 e. The highest BCUT2D eigenvalue weighted by atomic mass is 35.5. The number of hydrogen-bond donors (Lipinski definition) is 0. The fourth-order valence-corrected chi connectivity index (χ4v) is 1.67. The van der Waals surface area contributed by atoms with E-state index in [1.165, 1.54) is 19.3 Å². The average molecular weight is 191 g/mol. The summed E-state index contributed by atoms with van der Waals surface area (Å²) in [6, 6.07) is 0. The number of alkyl halides is 1. The molecule has 1 rings (SSSR count). The Kier molecular flexibility index (Phi) is 4.44. The molecule has 0 aromatic carbocycles. The van der Waals surface area contributed by atoms with Crippen molar-refractivity contribution >= 4 is 17.6 Å². The summed E-state index contributed by atoms with van der Waals surface area (Å²) in [4.78, 5) is 11.3. The van der Waals surface area contributed by atoms with Crippen molar-refractivity contribution in [2.24, 2.45) is 5.92 Å². The quantitative estimate of drug-likeness (QED) is 0.505. The maximum Gasteiger partial charge on any atom is 0.308 e. The number of carbonyl (C=O) groups is 1. The minimum atomic E-state index is -0.0460. The van der Waals surface area contributed by atoms with Crippen LogP contribution in [-0.2, 0) is 9.53 Å². The summed E-state index contributed by atoms with van der Waals surface area (Å²) >= 11 is 5.41. The number of rotatable bonds is 3. The van der Waals surface area contributed by atoms with Gasteiger partial charge in [-0.25, -0.2) is 0 Å². The van der Waals surface area contributed by atoms with Gasteiger partial charge in [-0.2, -0.15) is 0 Å². The van der Waals surface area contributed by atoms with Crippen molar-refractivity contribution in [1.82, 2.24) is 0 Å². The van der Waals surface area contributed by atoms with Gasteiger partial charge in [0.15, 0.2) is 0 Å². The summed E-state index contributed by atoms with van der Waals surface area (Å²) in [5, 5.41) is 0. The van der Waals surface area contributed by atoms with Crippen molar-refractivity contribution in [3.05, 3.63) is 0 Å². The van der Waals surface area contributed by atoms with Gasteiger partial charge in [0.1, 0.15) is 6.61 Å². The maximum absolute atomic E-state index is 11.3. The Balaban J connectivity index is 2.20. The molecule has 1 fully saturated rings. The Bertz CT molecular complexity index is 141. The van der Waals surface area contributed by atoms with Crippen molar-refractivity contribution in [2.75, 3.05) is 12.5 Å². The number of carbonyl (C=O) groups excluding carboxylic acids is 1. The molecule has 0 radical (unpaired) electrons. The Morgan fingerprint density at radius 1 is 1.33 bits per heavy atom. The first-order valence-electron chi connectivity index (χ1n) is 4.57. The second kappa shape index (κ2) is 5.41. The van der Waals surface area contributed by atoms with E-state index in [1.54, 1.807) is 0 Å². The first-order valence-corrected chi connectivity index (χ1v) is 5.10. The van der Waals surface area contributed by atoms with E-state index in [9.17, 15) is 4.79 Å². The molecule has 1 saturated carbocycles. The summed E-state index contributed by atoms with van der Waals surface area (Å²) in [6.07, 6.45) is 5.60. The minimum absolute atomic E-state index is 0.0460. The molecule has 0 spiro atoms. The van der Waals surface area contributed by atoms with Crippen LogP contribution in [0.3, 0.4) is 0 Å². The smallest absolute Gasteiger partial charge is 0.308 e. The molecule has 70 valence electrons. The normalized spacial score (nSPS) is 19.1. The molecule has 0 amide bonds. The second-order valence-electron chi connectivity index (χ2n) is 3.19. The van der Waals surface area contributed by atoms with Gasteiger partial charge in [-0.3, -0.25) is 4.79 Å². The lowest BCUT2D eigenvalue weighted by molar-refractivity contribution is -0.149. The lowest BCUT2D eigenvalue weighted by Gasteiger charge is -2.19. The standard InChI is InChI=1S/C9H15ClO2/c10-6-7-12-9(11)8-4-2-1-3-5-8/h8H,1-7H2. The molecule has 0 heterocycles. The third-order valence-corrected chi connectivity index (χ3v) is 2.41. The highest BCUT2D eigenvalue weighted by molar-refractivity contribution is 6.18. The number of hydrogen-bond acceptors (Lipinski definition) is 2. The van der Waals surface area contributed by atoms with Gasteiger partial charge in [-0.15, -0.1) is 11.6 Å². The maximum atomic E-state index is 11.3. The third kappa shape index (κ3) is 3.02. The fourth-order valence-electron chi connectivity index (χ4n) is 1.60. The zero-order chi connectivity index (χ0) is 8.81. The summed E-state index contributed by atoms with van der Waals surface area (Å²) in [5.41, 5.74) is 0. The Hall–Kier alpha value is -0.240. The van der Waals surface area contributed by atoms with Crippen LogP contribution >= 0.6 is 11.6 Å². The Morgan fingerprint density at radius 3 is 2.58 bits per heavy atom. The molecule has 0 bridgehead atoms. The van der Waals surface area contributed by atoms with Gasteiger partial charge < -0.3 is 4.74 Å². The minimum Gasteiger partial charge on any atom is -0.464 e. The molecule has 1 aliphatic carbocycles. The number of esters is 1. The summed E-state index contributed by atoms with van der Waals surface area (Å²) in [6.45, 7) is 0.358. The van der Waals surface area contributed by atoms with Crippen LogP contribution in [0.2, 0.25) is 0 Å². The lowest BCUT2D eigenvalue weighted by Crippen LogP contribution is -2.21. The van der Waals surface area contributed by atoms with Gasteiger partial charge >= 0.3 is 5.97 Å². The summed E-state index contributed by atoms with van der Waals surface area (Å²) in [5.74, 6) is 0.510. The zero-order valence-corrected chi connectivity index (χ0v) is 7.98. The van der Waals surface area contributed by atoms with E-state index in [2.05, 4.69) is 0 Å².